The minimum absolute atomic E-state index is 0.289. The van der Waals surface area contributed by atoms with Crippen LogP contribution in [0.25, 0.3) is 0 Å². The monoisotopic (exact) mass is 211 g/mol. The summed E-state index contributed by atoms with van der Waals surface area (Å²) in [5, 5.41) is 0. The van der Waals surface area contributed by atoms with Crippen LogP contribution in [-0.4, -0.2) is 43.0 Å². The summed E-state index contributed by atoms with van der Waals surface area (Å²) in [7, 11) is 0. The van der Waals surface area contributed by atoms with Crippen molar-refractivity contribution >= 4 is 5.78 Å². The molecule has 0 bridgehead atoms. The van der Waals surface area contributed by atoms with Crippen molar-refractivity contribution in [3.05, 3.63) is 0 Å². The molecular formula is C12H21NO2. The van der Waals surface area contributed by atoms with Gasteiger partial charge in [0, 0.05) is 25.0 Å². The van der Waals surface area contributed by atoms with E-state index >= 15 is 0 Å². The van der Waals surface area contributed by atoms with Gasteiger partial charge in [-0.15, -0.1) is 0 Å². The molecule has 86 valence electrons. The lowest BCUT2D eigenvalue weighted by Crippen LogP contribution is -2.49. The fourth-order valence-corrected chi connectivity index (χ4v) is 2.93. The average molecular weight is 211 g/mol. The molecule has 1 saturated carbocycles. The molecule has 1 heterocycles. The fourth-order valence-electron chi connectivity index (χ4n) is 2.93. The van der Waals surface area contributed by atoms with E-state index in [-0.39, 0.29) is 5.92 Å². The smallest absolute Gasteiger partial charge is 0.134 e. The van der Waals surface area contributed by atoms with Gasteiger partial charge in [-0.3, -0.25) is 9.69 Å². The second-order valence-electron chi connectivity index (χ2n) is 4.72. The molecule has 0 amide bonds. The maximum absolute atomic E-state index is 11.6. The summed E-state index contributed by atoms with van der Waals surface area (Å²) >= 11 is 0. The summed E-state index contributed by atoms with van der Waals surface area (Å²) in [5.74, 6) is 0.669. The molecule has 2 aliphatic rings. The van der Waals surface area contributed by atoms with E-state index in [1.807, 2.05) is 0 Å². The maximum Gasteiger partial charge on any atom is 0.134 e. The summed E-state index contributed by atoms with van der Waals surface area (Å²) < 4.78 is 5.36. The Morgan fingerprint density at radius 3 is 2.53 bits per heavy atom. The van der Waals surface area contributed by atoms with E-state index in [1.54, 1.807) is 6.92 Å². The standard InChI is InChI=1S/C12H21NO2/c1-10(14)11-4-2-3-5-12(11)13-6-8-15-9-7-13/h11-12H,2-9H2,1H3. The van der Waals surface area contributed by atoms with E-state index in [0.717, 1.165) is 32.7 Å². The highest BCUT2D eigenvalue weighted by Crippen LogP contribution is 2.29. The summed E-state index contributed by atoms with van der Waals surface area (Å²) in [6.45, 7) is 5.44. The second-order valence-corrected chi connectivity index (χ2v) is 4.72. The summed E-state index contributed by atoms with van der Waals surface area (Å²) in [6, 6.07) is 0.500. The van der Waals surface area contributed by atoms with Crippen molar-refractivity contribution in [2.24, 2.45) is 5.92 Å². The highest BCUT2D eigenvalue weighted by molar-refractivity contribution is 5.79. The lowest BCUT2D eigenvalue weighted by atomic mass is 9.81. The van der Waals surface area contributed by atoms with Gasteiger partial charge in [0.25, 0.3) is 0 Å². The number of ketones is 1. The van der Waals surface area contributed by atoms with Crippen molar-refractivity contribution in [2.45, 2.75) is 38.6 Å². The zero-order valence-corrected chi connectivity index (χ0v) is 9.58. The third kappa shape index (κ3) is 2.58. The van der Waals surface area contributed by atoms with Gasteiger partial charge in [-0.25, -0.2) is 0 Å². The molecular weight excluding hydrogens is 190 g/mol. The lowest BCUT2D eigenvalue weighted by Gasteiger charge is -2.40. The number of Topliss-reactive ketones (excluding diaryl/α,β-unsaturated/α-hetero) is 1. The number of rotatable bonds is 2. The molecule has 2 fully saturated rings. The van der Waals surface area contributed by atoms with Crippen molar-refractivity contribution < 1.29 is 9.53 Å². The van der Waals surface area contributed by atoms with Gasteiger partial charge in [0.1, 0.15) is 5.78 Å². The maximum atomic E-state index is 11.6. The highest BCUT2D eigenvalue weighted by Gasteiger charge is 2.33. The molecule has 3 heteroatoms. The number of carbonyl (C=O) groups excluding carboxylic acids is 1. The Kier molecular flexibility index (Phi) is 3.76. The summed E-state index contributed by atoms with van der Waals surface area (Å²) in [5.41, 5.74) is 0. The normalized spacial score (nSPS) is 33.9. The topological polar surface area (TPSA) is 29.5 Å². The van der Waals surface area contributed by atoms with Gasteiger partial charge in [-0.2, -0.15) is 0 Å². The van der Waals surface area contributed by atoms with E-state index in [0.29, 0.717) is 11.8 Å². The Morgan fingerprint density at radius 2 is 1.87 bits per heavy atom. The SMILES string of the molecule is CC(=O)C1CCCCC1N1CCOCC1. The Morgan fingerprint density at radius 1 is 1.20 bits per heavy atom. The number of hydrogen-bond donors (Lipinski definition) is 0. The zero-order valence-electron chi connectivity index (χ0n) is 9.58. The molecule has 2 unspecified atom stereocenters. The van der Waals surface area contributed by atoms with Gasteiger partial charge in [-0.1, -0.05) is 12.8 Å². The number of nitrogens with zero attached hydrogens (tertiary/aromatic N) is 1. The molecule has 15 heavy (non-hydrogen) atoms. The average Bonchev–Trinajstić information content (AvgIpc) is 2.30. The Bertz CT molecular complexity index is 224. The van der Waals surface area contributed by atoms with Crippen LogP contribution in [0.3, 0.4) is 0 Å². The van der Waals surface area contributed by atoms with Crippen molar-refractivity contribution in [2.75, 3.05) is 26.3 Å². The van der Waals surface area contributed by atoms with Crippen molar-refractivity contribution in [3.63, 3.8) is 0 Å². The molecule has 2 rings (SSSR count). The minimum Gasteiger partial charge on any atom is -0.379 e. The van der Waals surface area contributed by atoms with Crippen LogP contribution in [0.1, 0.15) is 32.6 Å². The van der Waals surface area contributed by atoms with E-state index in [9.17, 15) is 4.79 Å². The molecule has 3 nitrogen and oxygen atoms in total. The van der Waals surface area contributed by atoms with Gasteiger partial charge in [0.15, 0.2) is 0 Å². The number of morpholine rings is 1. The van der Waals surface area contributed by atoms with Gasteiger partial charge < -0.3 is 4.74 Å². The number of carbonyl (C=O) groups is 1. The van der Waals surface area contributed by atoms with Crippen LogP contribution in [-0.2, 0) is 9.53 Å². The Balaban J connectivity index is 1.99. The van der Waals surface area contributed by atoms with E-state index in [4.69, 9.17) is 4.74 Å². The molecule has 0 aromatic rings. The first kappa shape index (κ1) is 11.1. The van der Waals surface area contributed by atoms with Crippen LogP contribution in [0, 0.1) is 5.92 Å². The first-order chi connectivity index (χ1) is 7.29. The molecule has 0 aromatic heterocycles. The molecule has 1 aliphatic heterocycles. The predicted octanol–water partition coefficient (Wildman–Crippen LogP) is 1.47. The van der Waals surface area contributed by atoms with Gasteiger partial charge in [0.2, 0.25) is 0 Å². The molecule has 0 radical (unpaired) electrons. The minimum atomic E-state index is 0.289. The van der Waals surface area contributed by atoms with Crippen molar-refractivity contribution in [1.29, 1.82) is 0 Å². The third-order valence-corrected chi connectivity index (χ3v) is 3.77. The number of hydrogen-bond acceptors (Lipinski definition) is 3. The van der Waals surface area contributed by atoms with Crippen LogP contribution >= 0.6 is 0 Å². The molecule has 0 spiro atoms. The predicted molar refractivity (Wildman–Crippen MR) is 58.8 cm³/mol. The van der Waals surface area contributed by atoms with Crippen LogP contribution < -0.4 is 0 Å². The van der Waals surface area contributed by atoms with Gasteiger partial charge in [0.05, 0.1) is 13.2 Å². The van der Waals surface area contributed by atoms with Gasteiger partial charge >= 0.3 is 0 Å². The van der Waals surface area contributed by atoms with E-state index in [1.165, 1.54) is 19.3 Å². The molecule has 1 aliphatic carbocycles. The quantitative estimate of drug-likeness (QED) is 0.692. The van der Waals surface area contributed by atoms with Crippen LogP contribution in [0.15, 0.2) is 0 Å². The van der Waals surface area contributed by atoms with Crippen LogP contribution in [0.2, 0.25) is 0 Å². The summed E-state index contributed by atoms with van der Waals surface area (Å²) in [6.07, 6.45) is 4.80. The zero-order chi connectivity index (χ0) is 10.7. The van der Waals surface area contributed by atoms with E-state index in [2.05, 4.69) is 4.90 Å². The lowest BCUT2D eigenvalue weighted by molar-refractivity contribution is -0.125. The second kappa shape index (κ2) is 5.08. The Labute approximate surface area is 91.8 Å². The van der Waals surface area contributed by atoms with E-state index < -0.39 is 0 Å². The molecule has 2 atom stereocenters. The molecule has 1 saturated heterocycles. The molecule has 0 aromatic carbocycles. The summed E-state index contributed by atoms with van der Waals surface area (Å²) in [4.78, 5) is 14.1. The van der Waals surface area contributed by atoms with Gasteiger partial charge in [-0.05, 0) is 19.8 Å². The fraction of sp³-hybridized carbons (Fsp3) is 0.917. The first-order valence-corrected chi connectivity index (χ1v) is 6.11. The van der Waals surface area contributed by atoms with Crippen LogP contribution in [0.5, 0.6) is 0 Å². The Hall–Kier alpha value is -0.410. The first-order valence-electron chi connectivity index (χ1n) is 6.11. The van der Waals surface area contributed by atoms with Crippen LogP contribution in [0.4, 0.5) is 0 Å². The third-order valence-electron chi connectivity index (χ3n) is 3.77. The molecule has 0 N–H and O–H groups in total. The van der Waals surface area contributed by atoms with Crippen molar-refractivity contribution in [1.82, 2.24) is 4.90 Å². The highest BCUT2D eigenvalue weighted by atomic mass is 16.5. The largest absolute Gasteiger partial charge is 0.379 e. The van der Waals surface area contributed by atoms with Crippen molar-refractivity contribution in [3.8, 4) is 0 Å². The number of ether oxygens (including phenoxy) is 1.